The second-order valence-electron chi connectivity index (χ2n) is 4.75. The molecule has 0 aliphatic carbocycles. The van der Waals surface area contributed by atoms with Gasteiger partial charge in [-0.1, -0.05) is 30.7 Å². The van der Waals surface area contributed by atoms with Gasteiger partial charge < -0.3 is 4.90 Å². The minimum absolute atomic E-state index is 0.152. The number of allylic oxidation sites excluding steroid dienone is 3. The van der Waals surface area contributed by atoms with Gasteiger partial charge in [-0.05, 0) is 40.0 Å². The number of carbonyl (C=O) groups is 1. The van der Waals surface area contributed by atoms with Gasteiger partial charge in [0, 0.05) is 19.5 Å². The van der Waals surface area contributed by atoms with E-state index in [9.17, 15) is 4.79 Å². The van der Waals surface area contributed by atoms with E-state index in [1.807, 2.05) is 4.90 Å². The molecule has 17 heavy (non-hydrogen) atoms. The molecule has 0 saturated carbocycles. The van der Waals surface area contributed by atoms with Crippen LogP contribution in [0.2, 0.25) is 0 Å². The van der Waals surface area contributed by atoms with E-state index in [1.54, 1.807) is 6.92 Å². The first-order chi connectivity index (χ1) is 7.99. The van der Waals surface area contributed by atoms with Gasteiger partial charge >= 0.3 is 0 Å². The van der Waals surface area contributed by atoms with E-state index in [1.165, 1.54) is 5.57 Å². The van der Waals surface area contributed by atoms with E-state index in [4.69, 9.17) is 0 Å². The highest BCUT2D eigenvalue weighted by Crippen LogP contribution is 2.06. The summed E-state index contributed by atoms with van der Waals surface area (Å²) in [4.78, 5) is 13.3. The van der Waals surface area contributed by atoms with Crippen molar-refractivity contribution in [2.45, 2.75) is 59.9 Å². The van der Waals surface area contributed by atoms with Crippen LogP contribution in [0.1, 0.15) is 53.9 Å². The molecule has 0 bridgehead atoms. The van der Waals surface area contributed by atoms with Gasteiger partial charge in [-0.15, -0.1) is 0 Å². The van der Waals surface area contributed by atoms with Crippen molar-refractivity contribution in [1.29, 1.82) is 0 Å². The third-order valence-corrected chi connectivity index (χ3v) is 2.68. The molecule has 1 amide bonds. The molecule has 2 heteroatoms. The van der Waals surface area contributed by atoms with Crippen LogP contribution >= 0.6 is 0 Å². The summed E-state index contributed by atoms with van der Waals surface area (Å²) >= 11 is 0. The molecule has 0 unspecified atom stereocenters. The number of amides is 1. The van der Waals surface area contributed by atoms with Gasteiger partial charge in [0.25, 0.3) is 0 Å². The maximum absolute atomic E-state index is 11.4. The molecule has 0 spiro atoms. The van der Waals surface area contributed by atoms with Crippen molar-refractivity contribution in [2.24, 2.45) is 0 Å². The van der Waals surface area contributed by atoms with Crippen LogP contribution in [0.5, 0.6) is 0 Å². The van der Waals surface area contributed by atoms with Gasteiger partial charge in [0.1, 0.15) is 0 Å². The summed E-state index contributed by atoms with van der Waals surface area (Å²) in [6.45, 7) is 10.7. The standard InChI is InChI=1S/C15H27NO/c1-6-7-8-9-10-11-14(4)12-16(13(2)3)15(5)17/h7-8,11,13H,6,9-10,12H2,1-5H3/b8-7-,14-11+. The Hall–Kier alpha value is -1.05. The number of carbonyl (C=O) groups excluding carboxylic acids is 1. The maximum Gasteiger partial charge on any atom is 0.219 e. The zero-order chi connectivity index (χ0) is 13.3. The highest BCUT2D eigenvalue weighted by Gasteiger charge is 2.12. The molecular weight excluding hydrogens is 210 g/mol. The Morgan fingerprint density at radius 2 is 1.82 bits per heavy atom. The summed E-state index contributed by atoms with van der Waals surface area (Å²) in [5.74, 6) is 0.152. The van der Waals surface area contributed by atoms with Gasteiger partial charge in [-0.25, -0.2) is 0 Å². The summed E-state index contributed by atoms with van der Waals surface area (Å²) < 4.78 is 0. The lowest BCUT2D eigenvalue weighted by atomic mass is 10.1. The molecule has 0 heterocycles. The molecule has 0 rings (SSSR count). The highest BCUT2D eigenvalue weighted by atomic mass is 16.2. The smallest absolute Gasteiger partial charge is 0.219 e. The molecule has 0 atom stereocenters. The number of nitrogens with zero attached hydrogens (tertiary/aromatic N) is 1. The Bertz CT molecular complexity index is 277. The normalized spacial score (nSPS) is 12.5. The zero-order valence-corrected chi connectivity index (χ0v) is 12.0. The Labute approximate surface area is 106 Å². The van der Waals surface area contributed by atoms with Crippen LogP contribution in [0.3, 0.4) is 0 Å². The molecule has 0 aromatic heterocycles. The summed E-state index contributed by atoms with van der Waals surface area (Å²) in [5.41, 5.74) is 1.28. The van der Waals surface area contributed by atoms with E-state index in [2.05, 4.69) is 45.9 Å². The van der Waals surface area contributed by atoms with E-state index in [0.29, 0.717) is 0 Å². The molecule has 0 aromatic carbocycles. The van der Waals surface area contributed by atoms with Crippen molar-refractivity contribution in [3.05, 3.63) is 23.8 Å². The Kier molecular flexibility index (Phi) is 8.47. The van der Waals surface area contributed by atoms with Gasteiger partial charge in [0.05, 0.1) is 0 Å². The second-order valence-corrected chi connectivity index (χ2v) is 4.75. The van der Waals surface area contributed by atoms with Gasteiger partial charge in [0.2, 0.25) is 5.91 Å². The van der Waals surface area contributed by atoms with Crippen molar-refractivity contribution in [1.82, 2.24) is 4.90 Å². The van der Waals surface area contributed by atoms with Crippen LogP contribution < -0.4 is 0 Å². The van der Waals surface area contributed by atoms with Crippen molar-refractivity contribution < 1.29 is 4.79 Å². The third-order valence-electron chi connectivity index (χ3n) is 2.68. The fraction of sp³-hybridized carbons (Fsp3) is 0.667. The average molecular weight is 237 g/mol. The van der Waals surface area contributed by atoms with E-state index < -0.39 is 0 Å². The Morgan fingerprint density at radius 3 is 2.29 bits per heavy atom. The minimum atomic E-state index is 0.152. The molecule has 0 aromatic rings. The van der Waals surface area contributed by atoms with E-state index >= 15 is 0 Å². The fourth-order valence-corrected chi connectivity index (χ4v) is 1.70. The Morgan fingerprint density at radius 1 is 1.18 bits per heavy atom. The first-order valence-corrected chi connectivity index (χ1v) is 6.56. The van der Waals surface area contributed by atoms with E-state index in [0.717, 1.165) is 25.8 Å². The molecule has 0 fully saturated rings. The van der Waals surface area contributed by atoms with Crippen LogP contribution in [0.4, 0.5) is 0 Å². The first kappa shape index (κ1) is 16.0. The average Bonchev–Trinajstić information content (AvgIpc) is 2.24. The molecule has 0 aliphatic heterocycles. The van der Waals surface area contributed by atoms with Crippen LogP contribution in [0, 0.1) is 0 Å². The van der Waals surface area contributed by atoms with Crippen molar-refractivity contribution in [3.8, 4) is 0 Å². The lowest BCUT2D eigenvalue weighted by Crippen LogP contribution is -2.36. The molecular formula is C15H27NO. The molecule has 2 nitrogen and oxygen atoms in total. The minimum Gasteiger partial charge on any atom is -0.337 e. The van der Waals surface area contributed by atoms with E-state index in [-0.39, 0.29) is 11.9 Å². The number of hydrogen-bond acceptors (Lipinski definition) is 1. The molecule has 0 radical (unpaired) electrons. The molecule has 0 N–H and O–H groups in total. The van der Waals surface area contributed by atoms with Crippen molar-refractivity contribution in [3.63, 3.8) is 0 Å². The maximum atomic E-state index is 11.4. The highest BCUT2D eigenvalue weighted by molar-refractivity contribution is 5.73. The monoisotopic (exact) mass is 237 g/mol. The summed E-state index contributed by atoms with van der Waals surface area (Å²) in [5, 5.41) is 0. The lowest BCUT2D eigenvalue weighted by Gasteiger charge is -2.25. The lowest BCUT2D eigenvalue weighted by molar-refractivity contribution is -0.130. The first-order valence-electron chi connectivity index (χ1n) is 6.56. The largest absolute Gasteiger partial charge is 0.337 e. The topological polar surface area (TPSA) is 20.3 Å². The Balaban J connectivity index is 4.12. The van der Waals surface area contributed by atoms with Crippen LogP contribution in [-0.4, -0.2) is 23.4 Å². The van der Waals surface area contributed by atoms with Crippen molar-refractivity contribution >= 4 is 5.91 Å². The van der Waals surface area contributed by atoms with Crippen LogP contribution in [0.25, 0.3) is 0 Å². The number of unbranched alkanes of at least 4 members (excludes halogenated alkanes) is 1. The van der Waals surface area contributed by atoms with Gasteiger partial charge in [0.15, 0.2) is 0 Å². The van der Waals surface area contributed by atoms with Gasteiger partial charge in [-0.2, -0.15) is 0 Å². The summed E-state index contributed by atoms with van der Waals surface area (Å²) in [7, 11) is 0. The predicted molar refractivity (Wildman–Crippen MR) is 74.9 cm³/mol. The summed E-state index contributed by atoms with van der Waals surface area (Å²) in [6, 6.07) is 0.274. The second kappa shape index (κ2) is 9.03. The molecule has 0 aliphatic rings. The molecule has 98 valence electrons. The summed E-state index contributed by atoms with van der Waals surface area (Å²) in [6.07, 6.45) is 9.90. The van der Waals surface area contributed by atoms with Crippen LogP contribution in [0.15, 0.2) is 23.8 Å². The SMILES string of the molecule is CC/C=C\CC/C=C(\C)CN(C(C)=O)C(C)C. The number of rotatable bonds is 7. The zero-order valence-electron chi connectivity index (χ0n) is 12.0. The van der Waals surface area contributed by atoms with Crippen LogP contribution in [-0.2, 0) is 4.79 Å². The quantitative estimate of drug-likeness (QED) is 0.485. The number of hydrogen-bond donors (Lipinski definition) is 0. The predicted octanol–water partition coefficient (Wildman–Crippen LogP) is 3.94. The van der Waals surface area contributed by atoms with Crippen molar-refractivity contribution in [2.75, 3.05) is 6.54 Å². The third kappa shape index (κ3) is 7.78. The van der Waals surface area contributed by atoms with Gasteiger partial charge in [-0.3, -0.25) is 4.79 Å². The fourth-order valence-electron chi connectivity index (χ4n) is 1.70. The molecule has 0 saturated heterocycles.